The molecule has 9 nitrogen and oxygen atoms in total. The van der Waals surface area contributed by atoms with Crippen LogP contribution in [0.2, 0.25) is 0 Å². The van der Waals surface area contributed by atoms with Crippen LogP contribution >= 0.6 is 0 Å². The highest BCUT2D eigenvalue weighted by molar-refractivity contribution is 5.52. The summed E-state index contributed by atoms with van der Waals surface area (Å²) < 4.78 is 10.4. The Kier molecular flexibility index (Phi) is 3.91. The second-order valence-electron chi connectivity index (χ2n) is 3.58. The number of anilines is 1. The SMILES string of the molecule is COc1ccc([N+](=O)[O-])c(Oc2cncc(NN)n2)c1. The van der Waals surface area contributed by atoms with Crippen molar-refractivity contribution in [1.29, 1.82) is 0 Å². The average Bonchev–Trinajstić information content (AvgIpc) is 2.47. The van der Waals surface area contributed by atoms with Crippen LogP contribution in [0.25, 0.3) is 0 Å². The van der Waals surface area contributed by atoms with E-state index in [9.17, 15) is 10.1 Å². The van der Waals surface area contributed by atoms with Crippen LogP contribution in [0.1, 0.15) is 0 Å². The first kappa shape index (κ1) is 13.5. The van der Waals surface area contributed by atoms with Gasteiger partial charge in [0.25, 0.3) is 0 Å². The molecular formula is C11H11N5O4. The summed E-state index contributed by atoms with van der Waals surface area (Å²) in [5, 5.41) is 11.0. The molecule has 0 bridgehead atoms. The summed E-state index contributed by atoms with van der Waals surface area (Å²) in [6, 6.07) is 4.14. The lowest BCUT2D eigenvalue weighted by Crippen LogP contribution is -2.09. The van der Waals surface area contributed by atoms with Crippen molar-refractivity contribution in [3.8, 4) is 17.4 Å². The third kappa shape index (κ3) is 2.90. The molecule has 0 unspecified atom stereocenters. The van der Waals surface area contributed by atoms with Crippen LogP contribution in [0.3, 0.4) is 0 Å². The molecule has 1 aromatic heterocycles. The average molecular weight is 277 g/mol. The summed E-state index contributed by atoms with van der Waals surface area (Å²) in [7, 11) is 1.45. The van der Waals surface area contributed by atoms with Crippen LogP contribution in [-0.4, -0.2) is 22.0 Å². The van der Waals surface area contributed by atoms with Gasteiger partial charge in [0.1, 0.15) is 5.75 Å². The standard InChI is InChI=1S/C11H11N5O4/c1-19-7-2-3-8(16(17)18)9(4-7)20-11-6-13-5-10(14-11)15-12/h2-6H,12H2,1H3,(H,14,15). The number of nitro groups is 1. The zero-order valence-electron chi connectivity index (χ0n) is 10.4. The van der Waals surface area contributed by atoms with E-state index in [1.165, 1.54) is 37.7 Å². The molecule has 9 heteroatoms. The van der Waals surface area contributed by atoms with E-state index in [1.54, 1.807) is 0 Å². The van der Waals surface area contributed by atoms with Crippen LogP contribution in [0.5, 0.6) is 17.4 Å². The summed E-state index contributed by atoms with van der Waals surface area (Å²) in [6.45, 7) is 0. The van der Waals surface area contributed by atoms with Gasteiger partial charge in [-0.05, 0) is 6.07 Å². The molecule has 0 aliphatic heterocycles. The van der Waals surface area contributed by atoms with E-state index in [4.69, 9.17) is 15.3 Å². The van der Waals surface area contributed by atoms with Crippen molar-refractivity contribution in [2.45, 2.75) is 0 Å². The molecule has 1 heterocycles. The van der Waals surface area contributed by atoms with Gasteiger partial charge in [0, 0.05) is 12.1 Å². The highest BCUT2D eigenvalue weighted by Gasteiger charge is 2.17. The van der Waals surface area contributed by atoms with E-state index < -0.39 is 4.92 Å². The molecule has 2 rings (SSSR count). The Morgan fingerprint density at radius 1 is 1.40 bits per heavy atom. The van der Waals surface area contributed by atoms with E-state index in [0.29, 0.717) is 5.75 Å². The van der Waals surface area contributed by atoms with Gasteiger partial charge in [0.05, 0.1) is 24.4 Å². The Balaban J connectivity index is 2.37. The van der Waals surface area contributed by atoms with Gasteiger partial charge in [0.2, 0.25) is 11.6 Å². The number of hydrazine groups is 1. The van der Waals surface area contributed by atoms with Crippen molar-refractivity contribution in [2.24, 2.45) is 5.84 Å². The predicted molar refractivity (Wildman–Crippen MR) is 69.6 cm³/mol. The number of hydrogen-bond donors (Lipinski definition) is 2. The van der Waals surface area contributed by atoms with E-state index in [0.717, 1.165) is 0 Å². The Hall–Kier alpha value is -2.94. The molecule has 1 aromatic carbocycles. The summed E-state index contributed by atoms with van der Waals surface area (Å²) >= 11 is 0. The maximum Gasteiger partial charge on any atom is 0.311 e. The van der Waals surface area contributed by atoms with E-state index >= 15 is 0 Å². The second-order valence-corrected chi connectivity index (χ2v) is 3.58. The highest BCUT2D eigenvalue weighted by Crippen LogP contribution is 2.33. The minimum absolute atomic E-state index is 0.00202. The molecule has 0 fully saturated rings. The summed E-state index contributed by atoms with van der Waals surface area (Å²) in [6.07, 6.45) is 2.69. The lowest BCUT2D eigenvalue weighted by atomic mass is 10.3. The Morgan fingerprint density at radius 2 is 2.20 bits per heavy atom. The predicted octanol–water partition coefficient (Wildman–Crippen LogP) is 1.47. The largest absolute Gasteiger partial charge is 0.497 e. The first-order valence-corrected chi connectivity index (χ1v) is 5.43. The number of hydrogen-bond acceptors (Lipinski definition) is 8. The summed E-state index contributed by atoms with van der Waals surface area (Å²) in [4.78, 5) is 18.2. The van der Waals surface area contributed by atoms with Crippen molar-refractivity contribution >= 4 is 11.5 Å². The molecule has 0 radical (unpaired) electrons. The van der Waals surface area contributed by atoms with Crippen molar-refractivity contribution in [2.75, 3.05) is 12.5 Å². The zero-order valence-corrected chi connectivity index (χ0v) is 10.4. The number of benzene rings is 1. The number of methoxy groups -OCH3 is 1. The lowest BCUT2D eigenvalue weighted by Gasteiger charge is -2.07. The van der Waals surface area contributed by atoms with Gasteiger partial charge >= 0.3 is 5.69 Å². The number of aromatic nitrogens is 2. The van der Waals surface area contributed by atoms with Crippen molar-refractivity contribution in [3.05, 3.63) is 40.7 Å². The van der Waals surface area contributed by atoms with Crippen LogP contribution in [0, 0.1) is 10.1 Å². The molecule has 2 aromatic rings. The third-order valence-corrected chi connectivity index (χ3v) is 2.34. The van der Waals surface area contributed by atoms with Crippen molar-refractivity contribution in [3.63, 3.8) is 0 Å². The maximum atomic E-state index is 11.0. The molecule has 0 atom stereocenters. The van der Waals surface area contributed by atoms with Crippen LogP contribution in [0.15, 0.2) is 30.6 Å². The van der Waals surface area contributed by atoms with E-state index in [-0.39, 0.29) is 23.1 Å². The molecule has 0 saturated heterocycles. The maximum absolute atomic E-state index is 11.0. The van der Waals surface area contributed by atoms with Crippen molar-refractivity contribution in [1.82, 2.24) is 9.97 Å². The quantitative estimate of drug-likeness (QED) is 0.478. The third-order valence-electron chi connectivity index (χ3n) is 2.34. The minimum Gasteiger partial charge on any atom is -0.497 e. The zero-order chi connectivity index (χ0) is 14.5. The molecule has 3 N–H and O–H groups in total. The minimum atomic E-state index is -0.562. The monoisotopic (exact) mass is 277 g/mol. The molecule has 0 saturated carbocycles. The Morgan fingerprint density at radius 3 is 2.85 bits per heavy atom. The molecule has 0 aliphatic carbocycles. The smallest absolute Gasteiger partial charge is 0.311 e. The van der Waals surface area contributed by atoms with Gasteiger partial charge in [-0.2, -0.15) is 4.98 Å². The molecule has 0 spiro atoms. The van der Waals surface area contributed by atoms with Crippen LogP contribution < -0.4 is 20.7 Å². The van der Waals surface area contributed by atoms with E-state index in [1.807, 2.05) is 0 Å². The number of nitrogen functional groups attached to an aromatic ring is 1. The fourth-order valence-electron chi connectivity index (χ4n) is 1.43. The Labute approximate surface area is 113 Å². The second kappa shape index (κ2) is 5.80. The number of nitro benzene ring substituents is 1. The fourth-order valence-corrected chi connectivity index (χ4v) is 1.43. The molecular weight excluding hydrogens is 266 g/mol. The number of nitrogens with zero attached hydrogens (tertiary/aromatic N) is 3. The van der Waals surface area contributed by atoms with Crippen molar-refractivity contribution < 1.29 is 14.4 Å². The first-order chi connectivity index (χ1) is 9.63. The normalized spacial score (nSPS) is 9.90. The molecule has 0 aliphatic rings. The lowest BCUT2D eigenvalue weighted by molar-refractivity contribution is -0.385. The van der Waals surface area contributed by atoms with Gasteiger partial charge in [-0.3, -0.25) is 15.1 Å². The number of rotatable bonds is 5. The fraction of sp³-hybridized carbons (Fsp3) is 0.0909. The van der Waals surface area contributed by atoms with Gasteiger partial charge in [-0.25, -0.2) is 5.84 Å². The van der Waals surface area contributed by atoms with Gasteiger partial charge in [-0.1, -0.05) is 0 Å². The summed E-state index contributed by atoms with van der Waals surface area (Å²) in [5.41, 5.74) is 2.09. The summed E-state index contributed by atoms with van der Waals surface area (Å²) in [5.74, 6) is 5.96. The topological polar surface area (TPSA) is 125 Å². The van der Waals surface area contributed by atoms with Gasteiger partial charge in [0.15, 0.2) is 5.82 Å². The highest BCUT2D eigenvalue weighted by atomic mass is 16.6. The molecule has 0 amide bonds. The van der Waals surface area contributed by atoms with Gasteiger partial charge in [-0.15, -0.1) is 0 Å². The first-order valence-electron chi connectivity index (χ1n) is 5.43. The molecule has 104 valence electrons. The number of nitrogens with one attached hydrogen (secondary N) is 1. The molecule has 20 heavy (non-hydrogen) atoms. The Bertz CT molecular complexity index is 634. The van der Waals surface area contributed by atoms with Gasteiger partial charge < -0.3 is 14.9 Å². The number of nitrogens with two attached hydrogens (primary N) is 1. The van der Waals surface area contributed by atoms with Crippen LogP contribution in [-0.2, 0) is 0 Å². The van der Waals surface area contributed by atoms with E-state index in [2.05, 4.69) is 15.4 Å². The number of ether oxygens (including phenoxy) is 2. The van der Waals surface area contributed by atoms with Crippen LogP contribution in [0.4, 0.5) is 11.5 Å².